The highest BCUT2D eigenvalue weighted by atomic mass is 16.3. The van der Waals surface area contributed by atoms with Crippen LogP contribution in [-0.2, 0) is 7.05 Å². The van der Waals surface area contributed by atoms with Gasteiger partial charge in [-0.25, -0.2) is 4.98 Å². The standard InChI is InChI=1S/C17H19N3O/c1-19(2)13-10-8-12(9-11-13)16(21)17-18-14-6-4-5-7-15(14)20(17)3/h4-11,16,21H,1-3H3/t16-/m0/s1. The first-order chi connectivity index (χ1) is 10.1. The summed E-state index contributed by atoms with van der Waals surface area (Å²) < 4.78 is 1.94. The molecular weight excluding hydrogens is 262 g/mol. The third kappa shape index (κ3) is 2.38. The molecule has 0 aliphatic heterocycles. The van der Waals surface area contributed by atoms with Crippen LogP contribution in [0.3, 0.4) is 0 Å². The number of imidazole rings is 1. The molecule has 0 fully saturated rings. The lowest BCUT2D eigenvalue weighted by atomic mass is 10.1. The highest BCUT2D eigenvalue weighted by Crippen LogP contribution is 2.26. The average molecular weight is 281 g/mol. The summed E-state index contributed by atoms with van der Waals surface area (Å²) >= 11 is 0. The molecule has 1 atom stereocenters. The van der Waals surface area contributed by atoms with E-state index >= 15 is 0 Å². The maximum Gasteiger partial charge on any atom is 0.143 e. The van der Waals surface area contributed by atoms with Gasteiger partial charge in [-0.2, -0.15) is 0 Å². The zero-order valence-corrected chi connectivity index (χ0v) is 12.5. The van der Waals surface area contributed by atoms with Gasteiger partial charge in [-0.1, -0.05) is 24.3 Å². The molecule has 1 N–H and O–H groups in total. The fourth-order valence-electron chi connectivity index (χ4n) is 2.51. The van der Waals surface area contributed by atoms with Gasteiger partial charge in [0.25, 0.3) is 0 Å². The number of aliphatic hydroxyl groups is 1. The molecule has 3 aromatic rings. The minimum atomic E-state index is -0.724. The first-order valence-electron chi connectivity index (χ1n) is 6.94. The third-order valence-corrected chi connectivity index (χ3v) is 3.79. The number of rotatable bonds is 3. The van der Waals surface area contributed by atoms with Crippen LogP contribution in [0.5, 0.6) is 0 Å². The van der Waals surface area contributed by atoms with E-state index in [4.69, 9.17) is 0 Å². The molecule has 0 spiro atoms. The van der Waals surface area contributed by atoms with Gasteiger partial charge in [-0.3, -0.25) is 0 Å². The Hall–Kier alpha value is -2.33. The average Bonchev–Trinajstić information content (AvgIpc) is 2.84. The normalized spacial score (nSPS) is 12.6. The van der Waals surface area contributed by atoms with Crippen LogP contribution >= 0.6 is 0 Å². The van der Waals surface area contributed by atoms with E-state index in [2.05, 4.69) is 4.98 Å². The number of benzene rings is 2. The highest BCUT2D eigenvalue weighted by molar-refractivity contribution is 5.76. The van der Waals surface area contributed by atoms with Crippen molar-refractivity contribution < 1.29 is 5.11 Å². The lowest BCUT2D eigenvalue weighted by Crippen LogP contribution is -2.10. The summed E-state index contributed by atoms with van der Waals surface area (Å²) in [5.41, 5.74) is 3.88. The van der Waals surface area contributed by atoms with Crippen molar-refractivity contribution in [2.75, 3.05) is 19.0 Å². The molecule has 4 heteroatoms. The van der Waals surface area contributed by atoms with Gasteiger partial charge < -0.3 is 14.6 Å². The van der Waals surface area contributed by atoms with Gasteiger partial charge in [0, 0.05) is 26.8 Å². The minimum absolute atomic E-state index is 0.661. The van der Waals surface area contributed by atoms with Crippen LogP contribution in [0.4, 0.5) is 5.69 Å². The Bertz CT molecular complexity index is 759. The van der Waals surface area contributed by atoms with E-state index in [-0.39, 0.29) is 0 Å². The minimum Gasteiger partial charge on any atom is -0.380 e. The van der Waals surface area contributed by atoms with Gasteiger partial charge in [-0.05, 0) is 29.8 Å². The van der Waals surface area contributed by atoms with Crippen LogP contribution in [-0.4, -0.2) is 28.8 Å². The Labute approximate surface area is 124 Å². The second-order valence-corrected chi connectivity index (χ2v) is 5.41. The van der Waals surface area contributed by atoms with E-state index in [0.29, 0.717) is 5.82 Å². The first-order valence-corrected chi connectivity index (χ1v) is 6.94. The molecule has 3 rings (SSSR count). The van der Waals surface area contributed by atoms with Gasteiger partial charge in [0.1, 0.15) is 11.9 Å². The molecule has 0 bridgehead atoms. The van der Waals surface area contributed by atoms with E-state index < -0.39 is 6.10 Å². The summed E-state index contributed by atoms with van der Waals surface area (Å²) in [6.07, 6.45) is -0.724. The van der Waals surface area contributed by atoms with Gasteiger partial charge in [0.2, 0.25) is 0 Å². The van der Waals surface area contributed by atoms with Crippen LogP contribution in [0.1, 0.15) is 17.5 Å². The van der Waals surface area contributed by atoms with Crippen molar-refractivity contribution in [2.24, 2.45) is 7.05 Å². The largest absolute Gasteiger partial charge is 0.380 e. The van der Waals surface area contributed by atoms with E-state index in [9.17, 15) is 5.11 Å². The van der Waals surface area contributed by atoms with Gasteiger partial charge in [0.05, 0.1) is 11.0 Å². The zero-order chi connectivity index (χ0) is 15.0. The van der Waals surface area contributed by atoms with E-state index in [0.717, 1.165) is 22.3 Å². The predicted molar refractivity (Wildman–Crippen MR) is 85.5 cm³/mol. The number of aryl methyl sites for hydroxylation is 1. The van der Waals surface area contributed by atoms with E-state index in [1.165, 1.54) is 0 Å². The van der Waals surface area contributed by atoms with Crippen molar-refractivity contribution in [3.8, 4) is 0 Å². The van der Waals surface area contributed by atoms with Crippen LogP contribution < -0.4 is 4.90 Å². The van der Waals surface area contributed by atoms with Crippen molar-refractivity contribution in [2.45, 2.75) is 6.10 Å². The fraction of sp³-hybridized carbons (Fsp3) is 0.235. The summed E-state index contributed by atoms with van der Waals surface area (Å²) in [4.78, 5) is 6.58. The summed E-state index contributed by atoms with van der Waals surface area (Å²) in [7, 11) is 5.93. The first kappa shape index (κ1) is 13.6. The molecule has 0 aliphatic rings. The number of aliphatic hydroxyl groups excluding tert-OH is 1. The summed E-state index contributed by atoms with van der Waals surface area (Å²) in [5.74, 6) is 0.661. The van der Waals surface area contributed by atoms with Crippen molar-refractivity contribution in [1.82, 2.24) is 9.55 Å². The number of aromatic nitrogens is 2. The van der Waals surface area contributed by atoms with Gasteiger partial charge in [-0.15, -0.1) is 0 Å². The number of nitrogens with zero attached hydrogens (tertiary/aromatic N) is 3. The number of hydrogen-bond acceptors (Lipinski definition) is 3. The fourth-order valence-corrected chi connectivity index (χ4v) is 2.51. The molecule has 0 saturated heterocycles. The maximum absolute atomic E-state index is 10.6. The molecule has 108 valence electrons. The molecule has 0 amide bonds. The van der Waals surface area contributed by atoms with Gasteiger partial charge >= 0.3 is 0 Å². The number of anilines is 1. The summed E-state index contributed by atoms with van der Waals surface area (Å²) in [5, 5.41) is 10.6. The Morgan fingerprint density at radius 1 is 1.05 bits per heavy atom. The Kier molecular flexibility index (Phi) is 3.39. The number of para-hydroxylation sites is 2. The smallest absolute Gasteiger partial charge is 0.143 e. The molecule has 0 radical (unpaired) electrons. The number of hydrogen-bond donors (Lipinski definition) is 1. The molecule has 21 heavy (non-hydrogen) atoms. The van der Waals surface area contributed by atoms with Crippen LogP contribution in [0.15, 0.2) is 48.5 Å². The topological polar surface area (TPSA) is 41.3 Å². The maximum atomic E-state index is 10.6. The molecular formula is C17H19N3O. The molecule has 4 nitrogen and oxygen atoms in total. The van der Waals surface area contributed by atoms with Crippen LogP contribution in [0, 0.1) is 0 Å². The van der Waals surface area contributed by atoms with Gasteiger partial charge in [0.15, 0.2) is 0 Å². The summed E-state index contributed by atoms with van der Waals surface area (Å²) in [6, 6.07) is 15.8. The second kappa shape index (κ2) is 5.22. The SMILES string of the molecule is CN(C)c1ccc([C@H](O)c2nc3ccccc3n2C)cc1. The molecule has 1 aromatic heterocycles. The lowest BCUT2D eigenvalue weighted by molar-refractivity contribution is 0.207. The summed E-state index contributed by atoms with van der Waals surface area (Å²) in [6.45, 7) is 0. The van der Waals surface area contributed by atoms with Crippen LogP contribution in [0.2, 0.25) is 0 Å². The van der Waals surface area contributed by atoms with Crippen LogP contribution in [0.25, 0.3) is 11.0 Å². The van der Waals surface area contributed by atoms with Crippen molar-refractivity contribution >= 4 is 16.7 Å². The quantitative estimate of drug-likeness (QED) is 0.802. The molecule has 0 aliphatic carbocycles. The van der Waals surface area contributed by atoms with Crippen molar-refractivity contribution in [3.05, 3.63) is 59.9 Å². The zero-order valence-electron chi connectivity index (χ0n) is 12.5. The Balaban J connectivity index is 1.99. The third-order valence-electron chi connectivity index (χ3n) is 3.79. The van der Waals surface area contributed by atoms with Crippen molar-refractivity contribution in [1.29, 1.82) is 0 Å². The van der Waals surface area contributed by atoms with Crippen molar-refractivity contribution in [3.63, 3.8) is 0 Å². The predicted octanol–water partition coefficient (Wildman–Crippen LogP) is 2.72. The van der Waals surface area contributed by atoms with E-state index in [1.54, 1.807) is 0 Å². The second-order valence-electron chi connectivity index (χ2n) is 5.41. The monoisotopic (exact) mass is 281 g/mol. The van der Waals surface area contributed by atoms with E-state index in [1.807, 2.05) is 79.1 Å². The number of fused-ring (bicyclic) bond motifs is 1. The lowest BCUT2D eigenvalue weighted by Gasteiger charge is -2.15. The molecule has 0 unspecified atom stereocenters. The highest BCUT2D eigenvalue weighted by Gasteiger charge is 2.17. The molecule has 1 heterocycles. The molecule has 0 saturated carbocycles. The Morgan fingerprint density at radius 2 is 1.71 bits per heavy atom. The molecule has 2 aromatic carbocycles. The Morgan fingerprint density at radius 3 is 2.33 bits per heavy atom.